The van der Waals surface area contributed by atoms with Crippen molar-refractivity contribution in [1.82, 2.24) is 9.62 Å². The highest BCUT2D eigenvalue weighted by Gasteiger charge is 2.23. The van der Waals surface area contributed by atoms with Gasteiger partial charge in [0.2, 0.25) is 15.9 Å². The van der Waals surface area contributed by atoms with Gasteiger partial charge in [0.25, 0.3) is 0 Å². The summed E-state index contributed by atoms with van der Waals surface area (Å²) in [5, 5.41) is 0.685. The van der Waals surface area contributed by atoms with Gasteiger partial charge in [0.15, 0.2) is 0 Å². The minimum absolute atomic E-state index is 0.152. The van der Waals surface area contributed by atoms with Gasteiger partial charge in [0.1, 0.15) is 0 Å². The molecule has 1 heterocycles. The van der Waals surface area contributed by atoms with E-state index in [-0.39, 0.29) is 17.3 Å². The number of aryl methyl sites for hydroxylation is 1. The number of amides is 1. The molecule has 0 saturated carbocycles. The Balaban J connectivity index is 1.55. The lowest BCUT2D eigenvalue weighted by Gasteiger charge is -2.37. The third-order valence-electron chi connectivity index (χ3n) is 4.61. The molecule has 6 nitrogen and oxygen atoms in total. The molecule has 0 aromatic heterocycles. The molecule has 0 aliphatic carbocycles. The Hall–Kier alpha value is -2.09. The van der Waals surface area contributed by atoms with Crippen molar-refractivity contribution in [1.29, 1.82) is 0 Å². The first-order valence-corrected chi connectivity index (χ1v) is 10.6. The number of carbonyl (C=O) groups is 1. The van der Waals surface area contributed by atoms with Gasteiger partial charge in [-0.05, 0) is 36.8 Å². The van der Waals surface area contributed by atoms with Crippen LogP contribution in [0.15, 0.2) is 53.4 Å². The molecule has 0 unspecified atom stereocenters. The Morgan fingerprint density at radius 1 is 1.07 bits per heavy atom. The van der Waals surface area contributed by atoms with Gasteiger partial charge >= 0.3 is 0 Å². The fourth-order valence-electron chi connectivity index (χ4n) is 3.07. The molecule has 0 spiro atoms. The summed E-state index contributed by atoms with van der Waals surface area (Å²) in [5.74, 6) is -0.225. The van der Waals surface area contributed by atoms with E-state index in [1.807, 2.05) is 25.1 Å². The van der Waals surface area contributed by atoms with Crippen molar-refractivity contribution in [2.24, 2.45) is 0 Å². The smallest absolute Gasteiger partial charge is 0.241 e. The highest BCUT2D eigenvalue weighted by Crippen LogP contribution is 2.25. The Morgan fingerprint density at radius 3 is 2.41 bits per heavy atom. The van der Waals surface area contributed by atoms with Crippen molar-refractivity contribution >= 4 is 33.2 Å². The van der Waals surface area contributed by atoms with Gasteiger partial charge in [0, 0.05) is 36.9 Å². The second-order valence-electron chi connectivity index (χ2n) is 6.44. The van der Waals surface area contributed by atoms with Crippen LogP contribution in [-0.4, -0.2) is 51.9 Å². The molecular weight excluding hydrogens is 386 g/mol. The fourth-order valence-corrected chi connectivity index (χ4v) is 4.23. The zero-order chi connectivity index (χ0) is 19.4. The summed E-state index contributed by atoms with van der Waals surface area (Å²) in [7, 11) is -3.68. The van der Waals surface area contributed by atoms with Crippen LogP contribution in [0.2, 0.25) is 5.02 Å². The number of sulfonamides is 1. The van der Waals surface area contributed by atoms with E-state index in [2.05, 4.69) is 9.62 Å². The lowest BCUT2D eigenvalue weighted by atomic mass is 10.1. The minimum atomic E-state index is -3.68. The third-order valence-corrected chi connectivity index (χ3v) is 6.26. The SMILES string of the molecule is Cc1ccc(Cl)cc1N1CCN(C(=O)CNS(=O)(=O)c2ccccc2)CC1. The predicted octanol–water partition coefficient (Wildman–Crippen LogP) is 2.28. The van der Waals surface area contributed by atoms with Crippen LogP contribution >= 0.6 is 11.6 Å². The first kappa shape index (κ1) is 19.7. The van der Waals surface area contributed by atoms with Crippen molar-refractivity contribution in [3.05, 3.63) is 59.1 Å². The summed E-state index contributed by atoms with van der Waals surface area (Å²) in [6.07, 6.45) is 0. The number of hydrogen-bond acceptors (Lipinski definition) is 4. The number of nitrogens with zero attached hydrogens (tertiary/aromatic N) is 2. The number of hydrogen-bond donors (Lipinski definition) is 1. The van der Waals surface area contributed by atoms with Gasteiger partial charge in [-0.1, -0.05) is 35.9 Å². The van der Waals surface area contributed by atoms with Crippen LogP contribution in [0.25, 0.3) is 0 Å². The zero-order valence-corrected chi connectivity index (χ0v) is 16.6. The maximum atomic E-state index is 12.4. The van der Waals surface area contributed by atoms with Crippen molar-refractivity contribution in [3.63, 3.8) is 0 Å². The van der Waals surface area contributed by atoms with E-state index in [1.54, 1.807) is 23.1 Å². The molecule has 144 valence electrons. The maximum absolute atomic E-state index is 12.4. The standard InChI is InChI=1S/C19H22ClN3O3S/c1-15-7-8-16(20)13-18(15)22-9-11-23(12-10-22)19(24)14-21-27(25,26)17-5-3-2-4-6-17/h2-8,13,21H,9-12,14H2,1H3. The average molecular weight is 408 g/mol. The number of rotatable bonds is 5. The molecule has 1 fully saturated rings. The van der Waals surface area contributed by atoms with Gasteiger partial charge in [-0.25, -0.2) is 13.1 Å². The normalized spacial score (nSPS) is 15.0. The molecule has 1 aliphatic heterocycles. The predicted molar refractivity (Wildman–Crippen MR) is 107 cm³/mol. The Morgan fingerprint density at radius 2 is 1.74 bits per heavy atom. The summed E-state index contributed by atoms with van der Waals surface area (Å²) in [4.78, 5) is 16.4. The lowest BCUT2D eigenvalue weighted by Crippen LogP contribution is -2.51. The Labute approximate surface area is 164 Å². The Kier molecular flexibility index (Phi) is 6.04. The Bertz CT molecular complexity index is 911. The van der Waals surface area contributed by atoms with Crippen LogP contribution in [0.4, 0.5) is 5.69 Å². The van der Waals surface area contributed by atoms with Gasteiger partial charge < -0.3 is 9.80 Å². The molecule has 0 radical (unpaired) electrons. The third kappa shape index (κ3) is 4.80. The molecular formula is C19H22ClN3O3S. The van der Waals surface area contributed by atoms with Crippen LogP contribution in [-0.2, 0) is 14.8 Å². The van der Waals surface area contributed by atoms with E-state index >= 15 is 0 Å². The molecule has 8 heteroatoms. The number of halogens is 1. The van der Waals surface area contributed by atoms with Crippen molar-refractivity contribution in [3.8, 4) is 0 Å². The second-order valence-corrected chi connectivity index (χ2v) is 8.64. The number of piperazine rings is 1. The highest BCUT2D eigenvalue weighted by molar-refractivity contribution is 7.89. The minimum Gasteiger partial charge on any atom is -0.368 e. The molecule has 2 aromatic rings. The van der Waals surface area contributed by atoms with E-state index in [0.717, 1.165) is 11.3 Å². The van der Waals surface area contributed by atoms with Gasteiger partial charge in [-0.3, -0.25) is 4.79 Å². The van der Waals surface area contributed by atoms with Crippen LogP contribution in [0, 0.1) is 6.92 Å². The number of carbonyl (C=O) groups excluding carboxylic acids is 1. The molecule has 1 aliphatic rings. The molecule has 3 rings (SSSR count). The molecule has 0 atom stereocenters. The molecule has 0 bridgehead atoms. The van der Waals surface area contributed by atoms with Crippen LogP contribution in [0.1, 0.15) is 5.56 Å². The van der Waals surface area contributed by atoms with Crippen molar-refractivity contribution in [2.75, 3.05) is 37.6 Å². The van der Waals surface area contributed by atoms with E-state index in [0.29, 0.717) is 31.2 Å². The zero-order valence-electron chi connectivity index (χ0n) is 15.1. The summed E-state index contributed by atoms with van der Waals surface area (Å²) in [6.45, 7) is 4.22. The largest absolute Gasteiger partial charge is 0.368 e. The van der Waals surface area contributed by atoms with E-state index in [9.17, 15) is 13.2 Å². The number of benzene rings is 2. The number of nitrogens with one attached hydrogen (secondary N) is 1. The van der Waals surface area contributed by atoms with Crippen LogP contribution < -0.4 is 9.62 Å². The quantitative estimate of drug-likeness (QED) is 0.825. The average Bonchev–Trinajstić information content (AvgIpc) is 2.69. The molecule has 1 saturated heterocycles. The van der Waals surface area contributed by atoms with E-state index in [1.165, 1.54) is 12.1 Å². The van der Waals surface area contributed by atoms with Crippen LogP contribution in [0.5, 0.6) is 0 Å². The maximum Gasteiger partial charge on any atom is 0.241 e. The van der Waals surface area contributed by atoms with Crippen molar-refractivity contribution in [2.45, 2.75) is 11.8 Å². The first-order chi connectivity index (χ1) is 12.9. The van der Waals surface area contributed by atoms with E-state index < -0.39 is 10.0 Å². The van der Waals surface area contributed by atoms with Crippen molar-refractivity contribution < 1.29 is 13.2 Å². The molecule has 2 aromatic carbocycles. The van der Waals surface area contributed by atoms with Gasteiger partial charge in [-0.15, -0.1) is 0 Å². The second kappa shape index (κ2) is 8.29. The van der Waals surface area contributed by atoms with Gasteiger partial charge in [0.05, 0.1) is 11.4 Å². The molecule has 1 N–H and O–H groups in total. The lowest BCUT2D eigenvalue weighted by molar-refractivity contribution is -0.130. The topological polar surface area (TPSA) is 69.7 Å². The first-order valence-electron chi connectivity index (χ1n) is 8.70. The highest BCUT2D eigenvalue weighted by atomic mass is 35.5. The summed E-state index contributed by atoms with van der Waals surface area (Å²) < 4.78 is 26.8. The summed E-state index contributed by atoms with van der Waals surface area (Å²) >= 11 is 6.09. The monoisotopic (exact) mass is 407 g/mol. The summed E-state index contributed by atoms with van der Waals surface area (Å²) in [5.41, 5.74) is 2.20. The molecule has 27 heavy (non-hydrogen) atoms. The molecule has 1 amide bonds. The summed E-state index contributed by atoms with van der Waals surface area (Å²) in [6, 6.07) is 13.8. The van der Waals surface area contributed by atoms with E-state index in [4.69, 9.17) is 11.6 Å². The van der Waals surface area contributed by atoms with Crippen LogP contribution in [0.3, 0.4) is 0 Å². The fraction of sp³-hybridized carbons (Fsp3) is 0.316. The van der Waals surface area contributed by atoms with Gasteiger partial charge in [-0.2, -0.15) is 0 Å². The number of anilines is 1.